The zero-order valence-electron chi connectivity index (χ0n) is 11.8. The fraction of sp³-hybridized carbons (Fsp3) is 0.571. The number of nitrogens with two attached hydrogens (primary N) is 1. The van der Waals surface area contributed by atoms with Gasteiger partial charge in [-0.15, -0.1) is 0 Å². The summed E-state index contributed by atoms with van der Waals surface area (Å²) in [4.78, 5) is 10.5. The molecule has 1 atom stereocenters. The predicted molar refractivity (Wildman–Crippen MR) is 80.6 cm³/mol. The molecule has 0 amide bonds. The Morgan fingerprint density at radius 1 is 1.25 bits per heavy atom. The normalized spacial score (nSPS) is 17.5. The molecule has 0 radical (unpaired) electrons. The number of hydrogen-bond acceptors (Lipinski definition) is 5. The minimum atomic E-state index is -0.405. The molecule has 6 nitrogen and oxygen atoms in total. The maximum Gasteiger partial charge on any atom is 0.273 e. The molecule has 1 aliphatic carbocycles. The highest BCUT2D eigenvalue weighted by Crippen LogP contribution is 2.30. The van der Waals surface area contributed by atoms with E-state index in [1.807, 2.05) is 0 Å². The van der Waals surface area contributed by atoms with Crippen molar-refractivity contribution in [3.63, 3.8) is 0 Å². The number of nitro benzene ring substituents is 1. The number of non-ortho nitro benzene ring substituents is 1. The first-order valence-corrected chi connectivity index (χ1v) is 7.13. The molecule has 1 saturated carbocycles. The largest absolute Gasteiger partial charge is 0.382 e. The highest BCUT2D eigenvalue weighted by Gasteiger charge is 2.20. The standard InChI is InChI=1S/C14H22N4O2/c1-10(11-5-3-2-4-6-11)16-12-7-13(17-15)9-14(8-12)18(19)20/h7-11,16-17H,2-6,15H2,1H3. The van der Waals surface area contributed by atoms with Crippen molar-refractivity contribution in [3.05, 3.63) is 28.3 Å². The van der Waals surface area contributed by atoms with Crippen LogP contribution in [-0.2, 0) is 0 Å². The fourth-order valence-electron chi connectivity index (χ4n) is 2.90. The molecule has 0 heterocycles. The Bertz CT molecular complexity index is 472. The van der Waals surface area contributed by atoms with E-state index in [1.54, 1.807) is 12.1 Å². The second-order valence-electron chi connectivity index (χ2n) is 5.50. The Morgan fingerprint density at radius 3 is 2.50 bits per heavy atom. The van der Waals surface area contributed by atoms with Crippen LogP contribution in [0.4, 0.5) is 17.1 Å². The van der Waals surface area contributed by atoms with Crippen molar-refractivity contribution in [1.82, 2.24) is 0 Å². The van der Waals surface area contributed by atoms with Crippen LogP contribution < -0.4 is 16.6 Å². The number of nitro groups is 1. The summed E-state index contributed by atoms with van der Waals surface area (Å²) in [5, 5.41) is 14.3. The molecule has 1 aromatic carbocycles. The average molecular weight is 278 g/mol. The topological polar surface area (TPSA) is 93.2 Å². The molecular weight excluding hydrogens is 256 g/mol. The van der Waals surface area contributed by atoms with Gasteiger partial charge in [0, 0.05) is 23.9 Å². The van der Waals surface area contributed by atoms with Gasteiger partial charge in [0.25, 0.3) is 5.69 Å². The van der Waals surface area contributed by atoms with Gasteiger partial charge in [0.15, 0.2) is 0 Å². The molecule has 1 aliphatic rings. The number of hydrazine groups is 1. The van der Waals surface area contributed by atoms with Crippen LogP contribution in [0.25, 0.3) is 0 Å². The zero-order valence-corrected chi connectivity index (χ0v) is 11.8. The van der Waals surface area contributed by atoms with E-state index in [2.05, 4.69) is 17.7 Å². The highest BCUT2D eigenvalue weighted by molar-refractivity contribution is 5.63. The lowest BCUT2D eigenvalue weighted by molar-refractivity contribution is -0.384. The first-order valence-electron chi connectivity index (χ1n) is 7.13. The summed E-state index contributed by atoms with van der Waals surface area (Å²) in [5.74, 6) is 6.00. The zero-order chi connectivity index (χ0) is 14.5. The van der Waals surface area contributed by atoms with Crippen LogP contribution in [0.3, 0.4) is 0 Å². The molecule has 1 aromatic rings. The summed E-state index contributed by atoms with van der Waals surface area (Å²) in [6.07, 6.45) is 6.33. The molecule has 4 N–H and O–H groups in total. The summed E-state index contributed by atoms with van der Waals surface area (Å²) < 4.78 is 0. The summed E-state index contributed by atoms with van der Waals surface area (Å²) >= 11 is 0. The summed E-state index contributed by atoms with van der Waals surface area (Å²) in [6.45, 7) is 2.14. The molecule has 2 rings (SSSR count). The quantitative estimate of drug-likeness (QED) is 0.436. The first-order chi connectivity index (χ1) is 9.60. The molecule has 0 bridgehead atoms. The number of nitrogens with one attached hydrogen (secondary N) is 2. The van der Waals surface area contributed by atoms with Gasteiger partial charge in [0.2, 0.25) is 0 Å². The molecule has 20 heavy (non-hydrogen) atoms. The van der Waals surface area contributed by atoms with E-state index in [9.17, 15) is 10.1 Å². The van der Waals surface area contributed by atoms with Crippen molar-refractivity contribution in [1.29, 1.82) is 0 Å². The Balaban J connectivity index is 2.11. The maximum absolute atomic E-state index is 10.9. The molecule has 0 aromatic heterocycles. The smallest absolute Gasteiger partial charge is 0.273 e. The monoisotopic (exact) mass is 278 g/mol. The SMILES string of the molecule is CC(Nc1cc(NN)cc([N+](=O)[O-])c1)C1CCCCC1. The average Bonchev–Trinajstić information content (AvgIpc) is 2.47. The van der Waals surface area contributed by atoms with Gasteiger partial charge in [-0.3, -0.25) is 16.0 Å². The van der Waals surface area contributed by atoms with E-state index < -0.39 is 4.92 Å². The van der Waals surface area contributed by atoms with Crippen molar-refractivity contribution in [2.75, 3.05) is 10.7 Å². The third-order valence-corrected chi connectivity index (χ3v) is 4.05. The fourth-order valence-corrected chi connectivity index (χ4v) is 2.90. The van der Waals surface area contributed by atoms with E-state index in [4.69, 9.17) is 5.84 Å². The van der Waals surface area contributed by atoms with Crippen LogP contribution in [0.15, 0.2) is 18.2 Å². The first kappa shape index (κ1) is 14.6. The summed E-state index contributed by atoms with van der Waals surface area (Å²) in [7, 11) is 0. The van der Waals surface area contributed by atoms with Gasteiger partial charge in [-0.1, -0.05) is 19.3 Å². The number of nitrogen functional groups attached to an aromatic ring is 1. The third-order valence-electron chi connectivity index (χ3n) is 4.05. The summed E-state index contributed by atoms with van der Waals surface area (Å²) in [5.41, 5.74) is 3.79. The Labute approximate surface area is 118 Å². The maximum atomic E-state index is 10.9. The van der Waals surface area contributed by atoms with Crippen LogP contribution in [0.1, 0.15) is 39.0 Å². The van der Waals surface area contributed by atoms with Gasteiger partial charge in [-0.05, 0) is 31.7 Å². The van der Waals surface area contributed by atoms with Crippen LogP contribution in [0.5, 0.6) is 0 Å². The Morgan fingerprint density at radius 2 is 1.90 bits per heavy atom. The Kier molecular flexibility index (Phi) is 4.79. The van der Waals surface area contributed by atoms with Crippen molar-refractivity contribution >= 4 is 17.1 Å². The molecule has 0 spiro atoms. The molecular formula is C14H22N4O2. The minimum Gasteiger partial charge on any atom is -0.382 e. The van der Waals surface area contributed by atoms with E-state index in [1.165, 1.54) is 38.2 Å². The third kappa shape index (κ3) is 3.60. The molecule has 0 saturated heterocycles. The van der Waals surface area contributed by atoms with E-state index >= 15 is 0 Å². The van der Waals surface area contributed by atoms with Gasteiger partial charge >= 0.3 is 0 Å². The number of rotatable bonds is 5. The van der Waals surface area contributed by atoms with E-state index in [0.717, 1.165) is 5.69 Å². The van der Waals surface area contributed by atoms with Crippen molar-refractivity contribution in [3.8, 4) is 0 Å². The van der Waals surface area contributed by atoms with Crippen LogP contribution in [0.2, 0.25) is 0 Å². The molecule has 1 unspecified atom stereocenters. The second-order valence-corrected chi connectivity index (χ2v) is 5.50. The van der Waals surface area contributed by atoms with Gasteiger partial charge < -0.3 is 10.7 Å². The van der Waals surface area contributed by atoms with Crippen molar-refractivity contribution < 1.29 is 4.92 Å². The van der Waals surface area contributed by atoms with Crippen molar-refractivity contribution in [2.24, 2.45) is 11.8 Å². The van der Waals surface area contributed by atoms with Gasteiger partial charge in [-0.2, -0.15) is 0 Å². The molecule has 1 fully saturated rings. The lowest BCUT2D eigenvalue weighted by Gasteiger charge is -2.29. The van der Waals surface area contributed by atoms with Gasteiger partial charge in [0.05, 0.1) is 10.6 Å². The minimum absolute atomic E-state index is 0.0406. The van der Waals surface area contributed by atoms with E-state index in [0.29, 0.717) is 17.6 Å². The van der Waals surface area contributed by atoms with Gasteiger partial charge in [-0.25, -0.2) is 0 Å². The number of anilines is 2. The lowest BCUT2D eigenvalue weighted by atomic mass is 9.84. The number of nitrogens with zero attached hydrogens (tertiary/aromatic N) is 1. The number of benzene rings is 1. The van der Waals surface area contributed by atoms with Crippen LogP contribution in [-0.4, -0.2) is 11.0 Å². The van der Waals surface area contributed by atoms with Crippen molar-refractivity contribution in [2.45, 2.75) is 45.1 Å². The highest BCUT2D eigenvalue weighted by atomic mass is 16.6. The number of hydrogen-bond donors (Lipinski definition) is 3. The molecule has 6 heteroatoms. The molecule has 0 aliphatic heterocycles. The lowest BCUT2D eigenvalue weighted by Crippen LogP contribution is -2.27. The molecule has 110 valence electrons. The second kappa shape index (κ2) is 6.56. The predicted octanol–water partition coefficient (Wildman–Crippen LogP) is 3.26. The summed E-state index contributed by atoms with van der Waals surface area (Å²) in [6, 6.07) is 5.09. The van der Waals surface area contributed by atoms with Gasteiger partial charge in [0.1, 0.15) is 0 Å². The van der Waals surface area contributed by atoms with E-state index in [-0.39, 0.29) is 5.69 Å². The van der Waals surface area contributed by atoms with Crippen LogP contribution >= 0.6 is 0 Å². The Hall–Kier alpha value is -1.82. The van der Waals surface area contributed by atoms with Crippen LogP contribution in [0, 0.1) is 16.0 Å².